The molecule has 3 aromatic rings. The van der Waals surface area contributed by atoms with Crippen molar-refractivity contribution in [2.24, 2.45) is 0 Å². The fourth-order valence-corrected chi connectivity index (χ4v) is 6.36. The van der Waals surface area contributed by atoms with E-state index in [2.05, 4.69) is 4.90 Å². The number of amides is 2. The molecule has 0 atom stereocenters. The predicted octanol–water partition coefficient (Wildman–Crippen LogP) is 4.93. The van der Waals surface area contributed by atoms with E-state index in [-0.39, 0.29) is 23.8 Å². The van der Waals surface area contributed by atoms with Crippen LogP contribution in [0.5, 0.6) is 17.2 Å². The lowest BCUT2D eigenvalue weighted by molar-refractivity contribution is 0.0712. The first-order valence-electron chi connectivity index (χ1n) is 14.1. The molecule has 2 saturated heterocycles. The first kappa shape index (κ1) is 28.7. The Labute approximate surface area is 245 Å². The number of nitrogens with zero attached hydrogens (tertiary/aromatic N) is 4. The summed E-state index contributed by atoms with van der Waals surface area (Å²) in [5.41, 5.74) is 2.19. The third-order valence-electron chi connectivity index (χ3n) is 7.64. The van der Waals surface area contributed by atoms with Crippen molar-refractivity contribution >= 4 is 28.8 Å². The number of methoxy groups -OCH3 is 2. The summed E-state index contributed by atoms with van der Waals surface area (Å²) < 4.78 is 16.6. The van der Waals surface area contributed by atoms with Crippen LogP contribution in [0.1, 0.15) is 58.5 Å². The number of aromatic nitrogens is 1. The lowest BCUT2D eigenvalue weighted by Gasteiger charge is -2.36. The molecule has 41 heavy (non-hydrogen) atoms. The summed E-state index contributed by atoms with van der Waals surface area (Å²) in [5.74, 6) is 2.55. The van der Waals surface area contributed by atoms with Gasteiger partial charge in [-0.25, -0.2) is 4.98 Å². The Balaban J connectivity index is 1.13. The number of hydrogen-bond acceptors (Lipinski definition) is 8. The first-order valence-corrected chi connectivity index (χ1v) is 15.0. The van der Waals surface area contributed by atoms with Gasteiger partial charge in [0.1, 0.15) is 22.9 Å². The zero-order chi connectivity index (χ0) is 28.9. The van der Waals surface area contributed by atoms with E-state index < -0.39 is 0 Å². The zero-order valence-corrected chi connectivity index (χ0v) is 25.0. The highest BCUT2D eigenvalue weighted by Crippen LogP contribution is 2.34. The Kier molecular flexibility index (Phi) is 8.97. The van der Waals surface area contributed by atoms with E-state index in [1.165, 1.54) is 0 Å². The first-order chi connectivity index (χ1) is 19.9. The molecule has 10 heteroatoms. The van der Waals surface area contributed by atoms with Crippen LogP contribution in [0.25, 0.3) is 0 Å². The maximum Gasteiger partial charge on any atom is 0.273 e. The second kappa shape index (κ2) is 12.8. The number of benzene rings is 2. The highest BCUT2D eigenvalue weighted by atomic mass is 32.1. The number of rotatable bonds is 8. The molecular formula is C31H38N4O5S. The Bertz CT molecular complexity index is 1340. The summed E-state index contributed by atoms with van der Waals surface area (Å²) in [6.07, 6.45) is 1.77. The van der Waals surface area contributed by atoms with Gasteiger partial charge in [0.05, 0.1) is 31.0 Å². The summed E-state index contributed by atoms with van der Waals surface area (Å²) in [5, 5.41) is 2.87. The third-order valence-corrected chi connectivity index (χ3v) is 8.65. The molecular weight excluding hydrogens is 540 g/mol. The number of carbonyl (C=O) groups excluding carboxylic acids is 2. The van der Waals surface area contributed by atoms with Gasteiger partial charge in [-0.3, -0.25) is 9.59 Å². The molecule has 0 bridgehead atoms. The molecule has 1 aromatic heterocycles. The molecule has 2 aliphatic rings. The quantitative estimate of drug-likeness (QED) is 0.375. The van der Waals surface area contributed by atoms with Crippen molar-refractivity contribution in [2.45, 2.75) is 38.7 Å². The summed E-state index contributed by atoms with van der Waals surface area (Å²) in [7, 11) is 3.29. The number of piperidine rings is 1. The monoisotopic (exact) mass is 578 g/mol. The van der Waals surface area contributed by atoms with Gasteiger partial charge < -0.3 is 28.9 Å². The summed E-state index contributed by atoms with van der Waals surface area (Å²) in [4.78, 5) is 37.1. The zero-order valence-electron chi connectivity index (χ0n) is 24.2. The van der Waals surface area contributed by atoms with Gasteiger partial charge >= 0.3 is 0 Å². The van der Waals surface area contributed by atoms with Crippen molar-refractivity contribution in [3.63, 3.8) is 0 Å². The number of anilines is 1. The molecule has 0 unspecified atom stereocenters. The largest absolute Gasteiger partial charge is 0.497 e. The molecule has 5 rings (SSSR count). The molecule has 0 radical (unpaired) electrons. The molecule has 2 aliphatic heterocycles. The molecule has 0 spiro atoms. The van der Waals surface area contributed by atoms with Gasteiger partial charge in [0.15, 0.2) is 0 Å². The van der Waals surface area contributed by atoms with Crippen LogP contribution in [0.2, 0.25) is 0 Å². The minimum absolute atomic E-state index is 0.0219. The van der Waals surface area contributed by atoms with Crippen molar-refractivity contribution in [1.82, 2.24) is 14.8 Å². The maximum absolute atomic E-state index is 13.3. The van der Waals surface area contributed by atoms with Gasteiger partial charge in [-0.1, -0.05) is 0 Å². The van der Waals surface area contributed by atoms with Crippen molar-refractivity contribution in [3.8, 4) is 17.2 Å². The normalized spacial score (nSPS) is 16.2. The van der Waals surface area contributed by atoms with Crippen LogP contribution < -0.4 is 19.1 Å². The van der Waals surface area contributed by atoms with Gasteiger partial charge in [0, 0.05) is 62.2 Å². The molecule has 2 amide bonds. The van der Waals surface area contributed by atoms with Crippen molar-refractivity contribution in [1.29, 1.82) is 0 Å². The van der Waals surface area contributed by atoms with Gasteiger partial charge in [-0.2, -0.15) is 0 Å². The van der Waals surface area contributed by atoms with Crippen LogP contribution in [0, 0.1) is 0 Å². The Hall–Kier alpha value is -3.79. The molecule has 2 fully saturated rings. The SMILES string of the molecule is COc1ccc(N2CCN(C(=O)c3csc(C4CCN(C(=O)c5ccc(OC(C)C)cc5)CC4)n3)CC2)c(OC)c1. The smallest absolute Gasteiger partial charge is 0.273 e. The number of likely N-dealkylation sites (tertiary alicyclic amines) is 1. The molecule has 0 aliphatic carbocycles. The van der Waals surface area contributed by atoms with E-state index >= 15 is 0 Å². The molecule has 2 aromatic carbocycles. The van der Waals surface area contributed by atoms with Crippen LogP contribution in [0.4, 0.5) is 5.69 Å². The van der Waals surface area contributed by atoms with Gasteiger partial charge in [0.2, 0.25) is 0 Å². The van der Waals surface area contributed by atoms with E-state index in [1.54, 1.807) is 25.6 Å². The standard InChI is InChI=1S/C31H38N4O5S/c1-21(2)40-24-7-5-23(6-8-24)30(36)34-13-11-22(12-14-34)29-32-26(20-41-29)31(37)35-17-15-33(16-18-35)27-10-9-25(38-3)19-28(27)39-4/h5-10,19-22H,11-18H2,1-4H3. The third kappa shape index (κ3) is 6.59. The lowest BCUT2D eigenvalue weighted by atomic mass is 9.97. The number of hydrogen-bond donors (Lipinski definition) is 0. The summed E-state index contributed by atoms with van der Waals surface area (Å²) in [6, 6.07) is 13.2. The maximum atomic E-state index is 13.3. The van der Waals surface area contributed by atoms with E-state index in [0.29, 0.717) is 50.5 Å². The van der Waals surface area contributed by atoms with Crippen molar-refractivity contribution < 1.29 is 23.8 Å². The van der Waals surface area contributed by atoms with E-state index in [0.717, 1.165) is 40.8 Å². The average molecular weight is 579 g/mol. The van der Waals surface area contributed by atoms with Crippen LogP contribution >= 0.6 is 11.3 Å². The van der Waals surface area contributed by atoms with Gasteiger partial charge in [-0.05, 0) is 63.1 Å². The van der Waals surface area contributed by atoms with Crippen LogP contribution in [-0.2, 0) is 0 Å². The summed E-state index contributed by atoms with van der Waals surface area (Å²) >= 11 is 1.55. The fourth-order valence-electron chi connectivity index (χ4n) is 5.39. The highest BCUT2D eigenvalue weighted by molar-refractivity contribution is 7.09. The second-order valence-electron chi connectivity index (χ2n) is 10.6. The molecule has 3 heterocycles. The Morgan fingerprint density at radius 2 is 1.51 bits per heavy atom. The number of ether oxygens (including phenoxy) is 3. The van der Waals surface area contributed by atoms with Crippen LogP contribution in [-0.4, -0.2) is 86.2 Å². The van der Waals surface area contributed by atoms with Crippen LogP contribution in [0.3, 0.4) is 0 Å². The molecule has 0 saturated carbocycles. The second-order valence-corrected chi connectivity index (χ2v) is 11.5. The Morgan fingerprint density at radius 3 is 2.15 bits per heavy atom. The minimum Gasteiger partial charge on any atom is -0.497 e. The fraction of sp³-hybridized carbons (Fsp3) is 0.452. The number of thiazole rings is 1. The molecule has 9 nitrogen and oxygen atoms in total. The van der Waals surface area contributed by atoms with E-state index in [1.807, 2.05) is 71.5 Å². The van der Waals surface area contributed by atoms with Crippen molar-refractivity contribution in [2.75, 3.05) is 58.4 Å². The highest BCUT2D eigenvalue weighted by Gasteiger charge is 2.29. The average Bonchev–Trinajstić information content (AvgIpc) is 3.51. The number of carbonyl (C=O) groups is 2. The minimum atomic E-state index is -0.0219. The van der Waals surface area contributed by atoms with Crippen LogP contribution in [0.15, 0.2) is 47.8 Å². The van der Waals surface area contributed by atoms with E-state index in [4.69, 9.17) is 19.2 Å². The van der Waals surface area contributed by atoms with E-state index in [9.17, 15) is 9.59 Å². The van der Waals surface area contributed by atoms with Crippen molar-refractivity contribution in [3.05, 3.63) is 64.1 Å². The predicted molar refractivity (Wildman–Crippen MR) is 160 cm³/mol. The molecule has 218 valence electrons. The van der Waals surface area contributed by atoms with Gasteiger partial charge in [0.25, 0.3) is 11.8 Å². The summed E-state index contributed by atoms with van der Waals surface area (Å²) in [6.45, 7) is 7.97. The topological polar surface area (TPSA) is 84.4 Å². The number of piperazine rings is 1. The molecule has 0 N–H and O–H groups in total. The Morgan fingerprint density at radius 1 is 0.854 bits per heavy atom. The van der Waals surface area contributed by atoms with Gasteiger partial charge in [-0.15, -0.1) is 11.3 Å². The lowest BCUT2D eigenvalue weighted by Crippen LogP contribution is -2.49.